The van der Waals surface area contributed by atoms with Crippen molar-refractivity contribution in [2.24, 2.45) is 0 Å². The second-order valence-electron chi connectivity index (χ2n) is 5.50. The zero-order valence-corrected chi connectivity index (χ0v) is 14.6. The number of aromatic nitrogens is 2. The van der Waals surface area contributed by atoms with Crippen molar-refractivity contribution >= 4 is 46.4 Å². The molecule has 1 aliphatic carbocycles. The molecule has 8 heteroatoms. The van der Waals surface area contributed by atoms with E-state index in [1.54, 1.807) is 6.92 Å². The first kappa shape index (κ1) is 15.5. The molecule has 2 aliphatic rings. The molecule has 1 saturated carbocycles. The van der Waals surface area contributed by atoms with E-state index in [1.807, 2.05) is 21.3 Å². The maximum atomic E-state index is 11.8. The third-order valence-electron chi connectivity index (χ3n) is 3.70. The van der Waals surface area contributed by atoms with Crippen LogP contribution in [0.15, 0.2) is 0 Å². The van der Waals surface area contributed by atoms with Gasteiger partial charge in [-0.25, -0.2) is 4.68 Å². The molecule has 2 heterocycles. The zero-order chi connectivity index (χ0) is 14.8. The van der Waals surface area contributed by atoms with Crippen molar-refractivity contribution in [3.05, 3.63) is 3.95 Å². The lowest BCUT2D eigenvalue weighted by Gasteiger charge is -2.19. The number of thioether (sulfide) groups is 1. The number of hydrogen-bond acceptors (Lipinski definition) is 6. The van der Waals surface area contributed by atoms with Crippen LogP contribution in [0.2, 0.25) is 0 Å². The smallest absolute Gasteiger partial charge is 0.225 e. The molecule has 0 aromatic carbocycles. The van der Waals surface area contributed by atoms with Gasteiger partial charge < -0.3 is 0 Å². The van der Waals surface area contributed by atoms with E-state index < -0.39 is 0 Å². The van der Waals surface area contributed by atoms with E-state index in [9.17, 15) is 4.79 Å². The molecular formula is C13H20N4OS3. The Labute approximate surface area is 138 Å². The quantitative estimate of drug-likeness (QED) is 0.785. The molecule has 0 radical (unpaired) electrons. The second-order valence-corrected chi connectivity index (χ2v) is 8.32. The van der Waals surface area contributed by atoms with Gasteiger partial charge in [-0.05, 0) is 37.2 Å². The van der Waals surface area contributed by atoms with Crippen LogP contribution in [0.3, 0.4) is 0 Å². The topological polar surface area (TPSA) is 41.4 Å². The number of rotatable bonds is 4. The van der Waals surface area contributed by atoms with Gasteiger partial charge in [-0.2, -0.15) is 11.8 Å². The first-order chi connectivity index (χ1) is 10.1. The average molecular weight is 345 g/mol. The van der Waals surface area contributed by atoms with E-state index in [4.69, 9.17) is 12.2 Å². The Kier molecular flexibility index (Phi) is 4.98. The number of nitrogens with zero attached hydrogens (tertiary/aromatic N) is 4. The van der Waals surface area contributed by atoms with Crippen LogP contribution in [0.25, 0.3) is 0 Å². The molecule has 3 rings (SSSR count). The number of carbonyl (C=O) groups excluding carboxylic acids is 1. The van der Waals surface area contributed by atoms with Gasteiger partial charge in [0.1, 0.15) is 0 Å². The fraction of sp³-hybridized carbons (Fsp3) is 0.769. The predicted octanol–water partition coefficient (Wildman–Crippen LogP) is 2.59. The highest BCUT2D eigenvalue weighted by atomic mass is 32.2. The molecule has 1 amide bonds. The monoisotopic (exact) mass is 344 g/mol. The van der Waals surface area contributed by atoms with E-state index in [0.717, 1.165) is 41.7 Å². The minimum Gasteiger partial charge on any atom is -0.284 e. The number of hydrogen-bond donors (Lipinski definition) is 0. The van der Waals surface area contributed by atoms with Gasteiger partial charge in [0.2, 0.25) is 11.0 Å². The fourth-order valence-electron chi connectivity index (χ4n) is 2.49. The van der Waals surface area contributed by atoms with Crippen molar-refractivity contribution in [1.82, 2.24) is 14.7 Å². The van der Waals surface area contributed by atoms with E-state index in [-0.39, 0.29) is 5.91 Å². The van der Waals surface area contributed by atoms with Gasteiger partial charge >= 0.3 is 0 Å². The molecule has 2 fully saturated rings. The highest BCUT2D eigenvalue weighted by Gasteiger charge is 2.34. The molecule has 0 N–H and O–H groups in total. The van der Waals surface area contributed by atoms with Gasteiger partial charge in [0.15, 0.2) is 3.95 Å². The summed E-state index contributed by atoms with van der Waals surface area (Å²) in [5.41, 5.74) is 0. The normalized spacial score (nSPS) is 20.2. The fourth-order valence-corrected chi connectivity index (χ4v) is 4.61. The van der Waals surface area contributed by atoms with Crippen LogP contribution in [-0.4, -0.2) is 51.2 Å². The largest absolute Gasteiger partial charge is 0.284 e. The molecule has 5 nitrogen and oxygen atoms in total. The lowest BCUT2D eigenvalue weighted by atomic mass is 10.4. The molecule has 1 aromatic heterocycles. The van der Waals surface area contributed by atoms with Crippen molar-refractivity contribution in [3.63, 3.8) is 0 Å². The Balaban J connectivity index is 1.74. The molecule has 1 aliphatic heterocycles. The molecule has 1 aromatic rings. The van der Waals surface area contributed by atoms with Crippen LogP contribution in [0.5, 0.6) is 0 Å². The lowest BCUT2D eigenvalue weighted by molar-refractivity contribution is -0.116. The molecule has 0 bridgehead atoms. The number of amides is 1. The van der Waals surface area contributed by atoms with Crippen LogP contribution in [0.1, 0.15) is 26.2 Å². The average Bonchev–Trinajstić information content (AvgIpc) is 3.20. The van der Waals surface area contributed by atoms with Gasteiger partial charge in [0.05, 0.1) is 6.67 Å². The van der Waals surface area contributed by atoms with Crippen molar-refractivity contribution < 1.29 is 4.79 Å². The van der Waals surface area contributed by atoms with Gasteiger partial charge in [-0.3, -0.25) is 14.6 Å². The van der Waals surface area contributed by atoms with E-state index in [1.165, 1.54) is 29.3 Å². The van der Waals surface area contributed by atoms with E-state index in [0.29, 0.717) is 6.04 Å². The minimum atomic E-state index is 0.0690. The predicted molar refractivity (Wildman–Crippen MR) is 90.6 cm³/mol. The Hall–Kier alpha value is -0.440. The SMILES string of the molecule is CC(=O)N(c1nn(CN2CCCSCC2)c(=S)s1)C1CC1. The first-order valence-corrected chi connectivity index (χ1v) is 9.71. The minimum absolute atomic E-state index is 0.0690. The maximum Gasteiger partial charge on any atom is 0.225 e. The molecule has 1 saturated heterocycles. The van der Waals surface area contributed by atoms with Gasteiger partial charge in [-0.15, -0.1) is 5.10 Å². The van der Waals surface area contributed by atoms with Crippen LogP contribution < -0.4 is 4.90 Å². The highest BCUT2D eigenvalue weighted by molar-refractivity contribution is 7.99. The second kappa shape index (κ2) is 6.76. The Morgan fingerprint density at radius 3 is 2.95 bits per heavy atom. The summed E-state index contributed by atoms with van der Waals surface area (Å²) in [4.78, 5) is 16.0. The van der Waals surface area contributed by atoms with Crippen LogP contribution in [0.4, 0.5) is 5.13 Å². The summed E-state index contributed by atoms with van der Waals surface area (Å²) in [7, 11) is 0. The standard InChI is InChI=1S/C13H20N4OS3/c1-10(18)17(11-3-4-11)12-14-16(13(19)21-12)9-15-5-2-7-20-8-6-15/h11H,2-9H2,1H3. The maximum absolute atomic E-state index is 11.8. The van der Waals surface area contributed by atoms with Gasteiger partial charge in [0, 0.05) is 31.8 Å². The van der Waals surface area contributed by atoms with Crippen molar-refractivity contribution in [2.45, 2.75) is 38.9 Å². The van der Waals surface area contributed by atoms with E-state index in [2.05, 4.69) is 10.00 Å². The van der Waals surface area contributed by atoms with Crippen LogP contribution in [0, 0.1) is 3.95 Å². The van der Waals surface area contributed by atoms with Crippen molar-refractivity contribution in [1.29, 1.82) is 0 Å². The zero-order valence-electron chi connectivity index (χ0n) is 12.2. The summed E-state index contributed by atoms with van der Waals surface area (Å²) >= 11 is 8.90. The molecular weight excluding hydrogens is 324 g/mol. The van der Waals surface area contributed by atoms with Crippen molar-refractivity contribution in [2.75, 3.05) is 29.5 Å². The van der Waals surface area contributed by atoms with Gasteiger partial charge in [0.25, 0.3) is 0 Å². The summed E-state index contributed by atoms with van der Waals surface area (Å²) < 4.78 is 2.64. The Bertz CT molecular complexity index is 558. The molecule has 116 valence electrons. The van der Waals surface area contributed by atoms with E-state index >= 15 is 0 Å². The molecule has 0 atom stereocenters. The van der Waals surface area contributed by atoms with Gasteiger partial charge in [-0.1, -0.05) is 11.3 Å². The highest BCUT2D eigenvalue weighted by Crippen LogP contribution is 2.33. The summed E-state index contributed by atoms with van der Waals surface area (Å²) in [5, 5.41) is 5.37. The summed E-state index contributed by atoms with van der Waals surface area (Å²) in [6, 6.07) is 0.339. The summed E-state index contributed by atoms with van der Waals surface area (Å²) in [6.07, 6.45) is 3.38. The molecule has 21 heavy (non-hydrogen) atoms. The third kappa shape index (κ3) is 3.85. The number of anilines is 1. The Morgan fingerprint density at radius 2 is 2.24 bits per heavy atom. The Morgan fingerprint density at radius 1 is 1.43 bits per heavy atom. The van der Waals surface area contributed by atoms with Crippen LogP contribution in [-0.2, 0) is 11.5 Å². The first-order valence-electron chi connectivity index (χ1n) is 7.33. The molecule has 0 spiro atoms. The summed E-state index contributed by atoms with van der Waals surface area (Å²) in [6.45, 7) is 4.53. The number of carbonyl (C=O) groups is 1. The molecule has 0 unspecified atom stereocenters. The summed E-state index contributed by atoms with van der Waals surface area (Å²) in [5.74, 6) is 2.48. The third-order valence-corrected chi connectivity index (χ3v) is 6.06. The van der Waals surface area contributed by atoms with Crippen molar-refractivity contribution in [3.8, 4) is 0 Å². The van der Waals surface area contributed by atoms with Crippen LogP contribution >= 0.6 is 35.3 Å². The lowest BCUT2D eigenvalue weighted by Crippen LogP contribution is -2.32.